The quantitative estimate of drug-likeness (QED) is 0.776. The summed E-state index contributed by atoms with van der Waals surface area (Å²) in [4.78, 5) is 26.0. The number of nitrogens with zero attached hydrogens (tertiary/aromatic N) is 1. The van der Waals surface area contributed by atoms with E-state index in [-0.39, 0.29) is 25.5 Å². The molecular weight excluding hydrogens is 345 g/mol. The van der Waals surface area contributed by atoms with Crippen molar-refractivity contribution in [2.45, 2.75) is 20.0 Å². The number of benzene rings is 2. The highest BCUT2D eigenvalue weighted by Crippen LogP contribution is 2.29. The molecule has 0 unspecified atom stereocenters. The number of rotatable bonds is 4. The summed E-state index contributed by atoms with van der Waals surface area (Å²) in [5.74, 6) is -1.65. The fourth-order valence-electron chi connectivity index (χ4n) is 2.75. The van der Waals surface area contributed by atoms with Gasteiger partial charge in [0, 0.05) is 29.2 Å². The zero-order valence-electron chi connectivity index (χ0n) is 13.7. The van der Waals surface area contributed by atoms with E-state index in [0.717, 1.165) is 5.56 Å². The third kappa shape index (κ3) is 3.82. The topological polar surface area (TPSA) is 46.6 Å². The van der Waals surface area contributed by atoms with Gasteiger partial charge < -0.3 is 9.64 Å². The maximum atomic E-state index is 13.6. The first-order chi connectivity index (χ1) is 12.0. The van der Waals surface area contributed by atoms with Crippen LogP contribution in [0.3, 0.4) is 0 Å². The van der Waals surface area contributed by atoms with Gasteiger partial charge in [-0.2, -0.15) is 0 Å². The van der Waals surface area contributed by atoms with E-state index in [1.165, 1.54) is 11.0 Å². The SMILES string of the molecule is Cc1ccc(N2C[C@H](C(=O)OCc3ccccc3F)CC2=O)cc1Cl. The monoisotopic (exact) mass is 361 g/mol. The summed E-state index contributed by atoms with van der Waals surface area (Å²) in [6.07, 6.45) is 0.0710. The Balaban J connectivity index is 1.64. The second-order valence-corrected chi connectivity index (χ2v) is 6.45. The molecule has 1 heterocycles. The molecule has 1 aliphatic rings. The molecule has 1 atom stereocenters. The van der Waals surface area contributed by atoms with E-state index in [4.69, 9.17) is 16.3 Å². The molecule has 1 saturated heterocycles. The van der Waals surface area contributed by atoms with E-state index >= 15 is 0 Å². The molecule has 0 bridgehead atoms. The molecule has 0 radical (unpaired) electrons. The summed E-state index contributed by atoms with van der Waals surface area (Å²) >= 11 is 6.11. The lowest BCUT2D eigenvalue weighted by Crippen LogP contribution is -2.26. The van der Waals surface area contributed by atoms with Crippen LogP contribution in [-0.2, 0) is 20.9 Å². The summed E-state index contributed by atoms with van der Waals surface area (Å²) < 4.78 is 18.8. The molecule has 130 valence electrons. The number of hydrogen-bond donors (Lipinski definition) is 0. The van der Waals surface area contributed by atoms with Gasteiger partial charge >= 0.3 is 5.97 Å². The number of carbonyl (C=O) groups is 2. The van der Waals surface area contributed by atoms with Crippen molar-refractivity contribution in [2.75, 3.05) is 11.4 Å². The second kappa shape index (κ2) is 7.23. The first-order valence-electron chi connectivity index (χ1n) is 7.92. The molecule has 3 rings (SSSR count). The van der Waals surface area contributed by atoms with Crippen molar-refractivity contribution >= 4 is 29.2 Å². The number of hydrogen-bond acceptors (Lipinski definition) is 3. The van der Waals surface area contributed by atoms with E-state index < -0.39 is 17.7 Å². The molecule has 2 aromatic rings. The highest BCUT2D eigenvalue weighted by atomic mass is 35.5. The van der Waals surface area contributed by atoms with Gasteiger partial charge in [-0.05, 0) is 30.7 Å². The van der Waals surface area contributed by atoms with Crippen molar-refractivity contribution in [1.82, 2.24) is 0 Å². The van der Waals surface area contributed by atoms with Crippen molar-refractivity contribution < 1.29 is 18.7 Å². The van der Waals surface area contributed by atoms with Crippen molar-refractivity contribution in [1.29, 1.82) is 0 Å². The van der Waals surface area contributed by atoms with Crippen LogP contribution in [0.15, 0.2) is 42.5 Å². The molecule has 0 saturated carbocycles. The Morgan fingerprint density at radius 2 is 2.08 bits per heavy atom. The van der Waals surface area contributed by atoms with Crippen LogP contribution >= 0.6 is 11.6 Å². The lowest BCUT2D eigenvalue weighted by molar-refractivity contribution is -0.149. The normalized spacial score (nSPS) is 17.0. The number of halogens is 2. The van der Waals surface area contributed by atoms with Gasteiger partial charge in [-0.1, -0.05) is 35.9 Å². The number of aryl methyl sites for hydroxylation is 1. The second-order valence-electron chi connectivity index (χ2n) is 6.04. The maximum absolute atomic E-state index is 13.6. The fourth-order valence-corrected chi connectivity index (χ4v) is 2.92. The first kappa shape index (κ1) is 17.4. The van der Waals surface area contributed by atoms with Gasteiger partial charge in [0.25, 0.3) is 0 Å². The van der Waals surface area contributed by atoms with Crippen molar-refractivity contribution in [3.05, 3.63) is 64.4 Å². The predicted octanol–water partition coefficient (Wildman–Crippen LogP) is 3.88. The lowest BCUT2D eigenvalue weighted by atomic mass is 10.1. The third-order valence-electron chi connectivity index (χ3n) is 4.25. The largest absolute Gasteiger partial charge is 0.460 e. The summed E-state index contributed by atoms with van der Waals surface area (Å²) in [7, 11) is 0. The van der Waals surface area contributed by atoms with Crippen LogP contribution in [0.2, 0.25) is 5.02 Å². The molecule has 0 aromatic heterocycles. The molecule has 0 spiro atoms. The number of carbonyl (C=O) groups excluding carboxylic acids is 2. The van der Waals surface area contributed by atoms with E-state index in [1.54, 1.807) is 30.3 Å². The highest BCUT2D eigenvalue weighted by molar-refractivity contribution is 6.31. The molecule has 25 heavy (non-hydrogen) atoms. The van der Waals surface area contributed by atoms with Crippen LogP contribution in [0.1, 0.15) is 17.5 Å². The minimum absolute atomic E-state index is 0.0710. The van der Waals surface area contributed by atoms with Crippen LogP contribution in [0, 0.1) is 18.7 Å². The van der Waals surface area contributed by atoms with Crippen LogP contribution in [0.5, 0.6) is 0 Å². The smallest absolute Gasteiger partial charge is 0.311 e. The molecule has 2 aromatic carbocycles. The van der Waals surface area contributed by atoms with Gasteiger partial charge in [-0.25, -0.2) is 4.39 Å². The first-order valence-corrected chi connectivity index (χ1v) is 8.30. The lowest BCUT2D eigenvalue weighted by Gasteiger charge is -2.17. The van der Waals surface area contributed by atoms with E-state index in [2.05, 4.69) is 0 Å². The summed E-state index contributed by atoms with van der Waals surface area (Å²) in [5, 5.41) is 0.566. The van der Waals surface area contributed by atoms with Gasteiger partial charge in [0.2, 0.25) is 5.91 Å². The Labute approximate surface area is 150 Å². The van der Waals surface area contributed by atoms with E-state index in [1.807, 2.05) is 13.0 Å². The number of anilines is 1. The minimum atomic E-state index is -0.570. The van der Waals surface area contributed by atoms with Gasteiger partial charge in [0.15, 0.2) is 0 Å². The predicted molar refractivity (Wildman–Crippen MR) is 92.8 cm³/mol. The van der Waals surface area contributed by atoms with Crippen molar-refractivity contribution in [3.8, 4) is 0 Å². The minimum Gasteiger partial charge on any atom is -0.460 e. The van der Waals surface area contributed by atoms with Gasteiger partial charge in [-0.15, -0.1) is 0 Å². The van der Waals surface area contributed by atoms with Crippen LogP contribution in [0.25, 0.3) is 0 Å². The molecule has 6 heteroatoms. The highest BCUT2D eigenvalue weighted by Gasteiger charge is 2.36. The molecule has 1 fully saturated rings. The Morgan fingerprint density at radius 1 is 1.32 bits per heavy atom. The molecule has 4 nitrogen and oxygen atoms in total. The average Bonchev–Trinajstić information content (AvgIpc) is 2.98. The number of amides is 1. The number of esters is 1. The van der Waals surface area contributed by atoms with Crippen molar-refractivity contribution in [3.63, 3.8) is 0 Å². The summed E-state index contributed by atoms with van der Waals surface area (Å²) in [5.41, 5.74) is 1.88. The Hall–Kier alpha value is -2.40. The average molecular weight is 362 g/mol. The van der Waals surface area contributed by atoms with Crippen LogP contribution < -0.4 is 4.90 Å². The molecule has 0 N–H and O–H groups in total. The summed E-state index contributed by atoms with van der Waals surface area (Å²) in [6.45, 7) is 1.96. The van der Waals surface area contributed by atoms with E-state index in [9.17, 15) is 14.0 Å². The molecular formula is C19H17ClFNO3. The number of ether oxygens (including phenoxy) is 1. The Kier molecular flexibility index (Phi) is 5.04. The summed E-state index contributed by atoms with van der Waals surface area (Å²) in [6, 6.07) is 11.5. The van der Waals surface area contributed by atoms with Crippen LogP contribution in [-0.4, -0.2) is 18.4 Å². The van der Waals surface area contributed by atoms with Gasteiger partial charge in [0.05, 0.1) is 5.92 Å². The van der Waals surface area contributed by atoms with Crippen molar-refractivity contribution in [2.24, 2.45) is 5.92 Å². The fraction of sp³-hybridized carbons (Fsp3) is 0.263. The van der Waals surface area contributed by atoms with Gasteiger partial charge in [-0.3, -0.25) is 9.59 Å². The molecule has 1 aliphatic heterocycles. The Bertz CT molecular complexity index is 824. The third-order valence-corrected chi connectivity index (χ3v) is 4.66. The molecule has 1 amide bonds. The standard InChI is InChI=1S/C19H17ClFNO3/c1-12-6-7-15(9-16(12)20)22-10-14(8-18(22)23)19(24)25-11-13-4-2-3-5-17(13)21/h2-7,9,14H,8,10-11H2,1H3/t14-/m1/s1. The van der Waals surface area contributed by atoms with E-state index in [0.29, 0.717) is 16.3 Å². The van der Waals surface area contributed by atoms with Gasteiger partial charge in [0.1, 0.15) is 12.4 Å². The zero-order chi connectivity index (χ0) is 18.0. The zero-order valence-corrected chi connectivity index (χ0v) is 14.4. The molecule has 0 aliphatic carbocycles. The Morgan fingerprint density at radius 3 is 2.80 bits per heavy atom. The van der Waals surface area contributed by atoms with Crippen LogP contribution in [0.4, 0.5) is 10.1 Å². The maximum Gasteiger partial charge on any atom is 0.311 e.